The lowest BCUT2D eigenvalue weighted by Crippen LogP contribution is -2.07. The van der Waals surface area contributed by atoms with Crippen LogP contribution in [-0.2, 0) is 0 Å². The third kappa shape index (κ3) is 1.12. The molecule has 0 saturated heterocycles. The molecule has 0 aliphatic rings. The summed E-state index contributed by atoms with van der Waals surface area (Å²) >= 11 is 1.29. The van der Waals surface area contributed by atoms with Gasteiger partial charge in [-0.2, -0.15) is 0 Å². The summed E-state index contributed by atoms with van der Waals surface area (Å²) < 4.78 is 0.612. The second kappa shape index (κ2) is 2.56. The van der Waals surface area contributed by atoms with Crippen LogP contribution in [0, 0.1) is 13.8 Å². The van der Waals surface area contributed by atoms with E-state index in [4.69, 9.17) is 5.73 Å². The summed E-state index contributed by atoms with van der Waals surface area (Å²) in [6, 6.07) is 0. The first kappa shape index (κ1) is 8.25. The van der Waals surface area contributed by atoms with E-state index >= 15 is 0 Å². The number of thiophene rings is 1. The molecule has 0 spiro atoms. The first-order valence-electron chi connectivity index (χ1n) is 3.85. The molecule has 13 heavy (non-hydrogen) atoms. The van der Waals surface area contributed by atoms with Gasteiger partial charge in [-0.25, -0.2) is 4.98 Å². The molecule has 2 aromatic rings. The number of hydrogen-bond acceptors (Lipinski definition) is 4. The Labute approximate surface area is 78.4 Å². The number of nitrogens with two attached hydrogens (primary N) is 1. The smallest absolute Gasteiger partial charge is 0.268 e. The largest absolute Gasteiger partial charge is 0.390 e. The standard InChI is InChI=1S/C8H9N3OS/c1-3-5-6(13-7(3)9)8(12)11-4(2)10-5/h9H2,1-2H3,(H,10,11,12). The molecule has 0 aliphatic heterocycles. The van der Waals surface area contributed by atoms with Crippen molar-refractivity contribution in [1.82, 2.24) is 9.97 Å². The van der Waals surface area contributed by atoms with E-state index in [0.29, 0.717) is 15.5 Å². The van der Waals surface area contributed by atoms with Crippen molar-refractivity contribution < 1.29 is 0 Å². The molecule has 2 heterocycles. The minimum atomic E-state index is -0.104. The van der Waals surface area contributed by atoms with Crippen LogP contribution >= 0.6 is 11.3 Å². The molecular formula is C8H9N3OS. The molecule has 3 N–H and O–H groups in total. The number of aromatic nitrogens is 2. The van der Waals surface area contributed by atoms with Crippen molar-refractivity contribution >= 4 is 26.6 Å². The van der Waals surface area contributed by atoms with Crippen LogP contribution in [0.4, 0.5) is 5.00 Å². The van der Waals surface area contributed by atoms with E-state index in [1.165, 1.54) is 11.3 Å². The van der Waals surface area contributed by atoms with Crippen molar-refractivity contribution in [2.24, 2.45) is 0 Å². The van der Waals surface area contributed by atoms with Crippen LogP contribution in [0.1, 0.15) is 11.4 Å². The topological polar surface area (TPSA) is 71.8 Å². The first-order valence-corrected chi connectivity index (χ1v) is 4.66. The molecule has 4 nitrogen and oxygen atoms in total. The quantitative estimate of drug-likeness (QED) is 0.663. The van der Waals surface area contributed by atoms with Gasteiger partial charge in [0, 0.05) is 5.56 Å². The highest BCUT2D eigenvalue weighted by Gasteiger charge is 2.10. The lowest BCUT2D eigenvalue weighted by atomic mass is 10.3. The van der Waals surface area contributed by atoms with Crippen molar-refractivity contribution in [1.29, 1.82) is 0 Å². The van der Waals surface area contributed by atoms with Crippen molar-refractivity contribution in [2.75, 3.05) is 5.73 Å². The van der Waals surface area contributed by atoms with Crippen molar-refractivity contribution in [3.8, 4) is 0 Å². The molecule has 0 amide bonds. The van der Waals surface area contributed by atoms with E-state index in [1.807, 2.05) is 6.92 Å². The Hall–Kier alpha value is -1.36. The average molecular weight is 195 g/mol. The summed E-state index contributed by atoms with van der Waals surface area (Å²) in [6.45, 7) is 3.63. The summed E-state index contributed by atoms with van der Waals surface area (Å²) in [5.41, 5.74) is 7.22. The molecule has 0 radical (unpaired) electrons. The Morgan fingerprint density at radius 1 is 1.46 bits per heavy atom. The molecule has 0 unspecified atom stereocenters. The van der Waals surface area contributed by atoms with Gasteiger partial charge >= 0.3 is 0 Å². The minimum absolute atomic E-state index is 0.104. The van der Waals surface area contributed by atoms with E-state index in [9.17, 15) is 4.79 Å². The minimum Gasteiger partial charge on any atom is -0.390 e. The fourth-order valence-electron chi connectivity index (χ4n) is 1.23. The van der Waals surface area contributed by atoms with Crippen LogP contribution < -0.4 is 11.3 Å². The van der Waals surface area contributed by atoms with Crippen molar-refractivity contribution in [2.45, 2.75) is 13.8 Å². The molecule has 0 saturated carbocycles. The highest BCUT2D eigenvalue weighted by atomic mass is 32.1. The Kier molecular flexibility index (Phi) is 1.63. The maximum absolute atomic E-state index is 11.4. The number of nitrogens with zero attached hydrogens (tertiary/aromatic N) is 1. The zero-order valence-electron chi connectivity index (χ0n) is 7.34. The lowest BCUT2D eigenvalue weighted by molar-refractivity contribution is 1.06. The molecule has 0 aromatic carbocycles. The van der Waals surface area contributed by atoms with Gasteiger partial charge in [0.2, 0.25) is 0 Å². The molecule has 0 atom stereocenters. The monoisotopic (exact) mass is 195 g/mol. The summed E-state index contributed by atoms with van der Waals surface area (Å²) in [7, 11) is 0. The molecule has 0 bridgehead atoms. The predicted molar refractivity (Wildman–Crippen MR) is 54.1 cm³/mol. The number of aromatic amines is 1. The molecular weight excluding hydrogens is 186 g/mol. The van der Waals surface area contributed by atoms with E-state index < -0.39 is 0 Å². The number of H-pyrrole nitrogens is 1. The van der Waals surface area contributed by atoms with Gasteiger partial charge in [0.25, 0.3) is 5.56 Å². The third-order valence-corrected chi connectivity index (χ3v) is 3.04. The molecule has 0 fully saturated rings. The number of rotatable bonds is 0. The predicted octanol–water partition coefficient (Wildman–Crippen LogP) is 1.18. The number of hydrogen-bond donors (Lipinski definition) is 2. The van der Waals surface area contributed by atoms with Crippen LogP contribution in [0.25, 0.3) is 10.2 Å². The number of nitrogens with one attached hydrogen (secondary N) is 1. The van der Waals surface area contributed by atoms with Crippen LogP contribution in [0.2, 0.25) is 0 Å². The van der Waals surface area contributed by atoms with E-state index in [0.717, 1.165) is 11.1 Å². The Bertz CT molecular complexity index is 526. The normalized spacial score (nSPS) is 10.9. The highest BCUT2D eigenvalue weighted by molar-refractivity contribution is 7.22. The molecule has 2 rings (SSSR count). The maximum Gasteiger partial charge on any atom is 0.268 e. The van der Waals surface area contributed by atoms with Gasteiger partial charge in [0.15, 0.2) is 0 Å². The van der Waals surface area contributed by atoms with Crippen molar-refractivity contribution in [3.63, 3.8) is 0 Å². The highest BCUT2D eigenvalue weighted by Crippen LogP contribution is 2.28. The van der Waals surface area contributed by atoms with Gasteiger partial charge < -0.3 is 10.7 Å². The van der Waals surface area contributed by atoms with Crippen LogP contribution in [0.15, 0.2) is 4.79 Å². The second-order valence-electron chi connectivity index (χ2n) is 2.92. The fraction of sp³-hybridized carbons (Fsp3) is 0.250. The van der Waals surface area contributed by atoms with Gasteiger partial charge in [-0.15, -0.1) is 11.3 Å². The van der Waals surface area contributed by atoms with Gasteiger partial charge in [-0.05, 0) is 13.8 Å². The third-order valence-electron chi connectivity index (χ3n) is 1.93. The molecule has 68 valence electrons. The number of aryl methyl sites for hydroxylation is 2. The average Bonchev–Trinajstić information content (AvgIpc) is 2.32. The Balaban J connectivity index is 3.03. The maximum atomic E-state index is 11.4. The summed E-state index contributed by atoms with van der Waals surface area (Å²) in [6.07, 6.45) is 0. The van der Waals surface area contributed by atoms with Gasteiger partial charge in [-0.3, -0.25) is 4.79 Å². The Morgan fingerprint density at radius 2 is 2.15 bits per heavy atom. The van der Waals surface area contributed by atoms with Crippen LogP contribution in [-0.4, -0.2) is 9.97 Å². The first-order chi connectivity index (χ1) is 6.09. The van der Waals surface area contributed by atoms with Gasteiger partial charge in [-0.1, -0.05) is 0 Å². The summed E-state index contributed by atoms with van der Waals surface area (Å²) in [5, 5.41) is 0.665. The Morgan fingerprint density at radius 3 is 2.85 bits per heavy atom. The van der Waals surface area contributed by atoms with E-state index in [2.05, 4.69) is 9.97 Å². The molecule has 5 heteroatoms. The number of nitrogen functional groups attached to an aromatic ring is 1. The lowest BCUT2D eigenvalue weighted by Gasteiger charge is -1.92. The SMILES string of the molecule is Cc1nc2c(C)c(N)sc2c(=O)[nH]1. The zero-order chi connectivity index (χ0) is 9.59. The van der Waals surface area contributed by atoms with Crippen LogP contribution in [0.3, 0.4) is 0 Å². The fourth-order valence-corrected chi connectivity index (χ4v) is 2.14. The second-order valence-corrected chi connectivity index (χ2v) is 3.97. The van der Waals surface area contributed by atoms with Crippen LogP contribution in [0.5, 0.6) is 0 Å². The number of fused-ring (bicyclic) bond motifs is 1. The summed E-state index contributed by atoms with van der Waals surface area (Å²) in [5.74, 6) is 0.624. The molecule has 0 aliphatic carbocycles. The van der Waals surface area contributed by atoms with E-state index in [-0.39, 0.29) is 5.56 Å². The zero-order valence-corrected chi connectivity index (χ0v) is 8.16. The van der Waals surface area contributed by atoms with Gasteiger partial charge in [0.05, 0.1) is 10.5 Å². The van der Waals surface area contributed by atoms with Gasteiger partial charge in [0.1, 0.15) is 10.5 Å². The number of anilines is 1. The summed E-state index contributed by atoms with van der Waals surface area (Å²) in [4.78, 5) is 18.3. The molecule has 2 aromatic heterocycles. The van der Waals surface area contributed by atoms with E-state index in [1.54, 1.807) is 6.92 Å². The van der Waals surface area contributed by atoms with Crippen molar-refractivity contribution in [3.05, 3.63) is 21.7 Å².